The maximum atomic E-state index is 12.6. The Morgan fingerprint density at radius 3 is 2.45 bits per heavy atom. The SMILES string of the molecule is COc1ccc(CCN(C)C(=O)CCCSc2nnc(C)n2-c2ccc(C)cc2)cc1OC. The summed E-state index contributed by atoms with van der Waals surface area (Å²) in [4.78, 5) is 14.4. The zero-order valence-electron chi connectivity index (χ0n) is 20.0. The van der Waals surface area contributed by atoms with Gasteiger partial charge < -0.3 is 14.4 Å². The minimum absolute atomic E-state index is 0.146. The van der Waals surface area contributed by atoms with E-state index in [1.54, 1.807) is 30.9 Å². The molecule has 0 N–H and O–H groups in total. The Hall–Kier alpha value is -3.00. The summed E-state index contributed by atoms with van der Waals surface area (Å²) >= 11 is 1.63. The predicted octanol–water partition coefficient (Wildman–Crippen LogP) is 4.47. The predicted molar refractivity (Wildman–Crippen MR) is 132 cm³/mol. The topological polar surface area (TPSA) is 69.5 Å². The van der Waals surface area contributed by atoms with Crippen LogP contribution in [0.5, 0.6) is 11.5 Å². The van der Waals surface area contributed by atoms with Crippen molar-refractivity contribution in [2.24, 2.45) is 0 Å². The summed E-state index contributed by atoms with van der Waals surface area (Å²) in [7, 11) is 5.10. The number of aromatic nitrogens is 3. The van der Waals surface area contributed by atoms with Crippen LogP contribution in [-0.4, -0.2) is 59.1 Å². The van der Waals surface area contributed by atoms with Gasteiger partial charge in [-0.25, -0.2) is 0 Å². The van der Waals surface area contributed by atoms with Crippen molar-refractivity contribution in [1.82, 2.24) is 19.7 Å². The molecule has 0 aliphatic rings. The van der Waals surface area contributed by atoms with E-state index in [1.807, 2.05) is 32.2 Å². The molecule has 1 aromatic heterocycles. The summed E-state index contributed by atoms with van der Waals surface area (Å²) in [6.45, 7) is 4.68. The van der Waals surface area contributed by atoms with E-state index in [0.29, 0.717) is 24.5 Å². The summed E-state index contributed by atoms with van der Waals surface area (Å²) in [6.07, 6.45) is 2.05. The van der Waals surface area contributed by atoms with E-state index in [1.165, 1.54) is 5.56 Å². The summed E-state index contributed by atoms with van der Waals surface area (Å²) in [5.41, 5.74) is 3.37. The van der Waals surface area contributed by atoms with Gasteiger partial charge in [0, 0.05) is 31.5 Å². The number of ether oxygens (including phenoxy) is 2. The number of hydrogen-bond acceptors (Lipinski definition) is 6. The van der Waals surface area contributed by atoms with Crippen LogP contribution in [0.3, 0.4) is 0 Å². The number of nitrogens with zero attached hydrogens (tertiary/aromatic N) is 4. The first-order chi connectivity index (χ1) is 15.9. The molecule has 1 amide bonds. The first-order valence-electron chi connectivity index (χ1n) is 11.0. The van der Waals surface area contributed by atoms with Gasteiger partial charge in [-0.3, -0.25) is 9.36 Å². The van der Waals surface area contributed by atoms with Crippen molar-refractivity contribution in [3.63, 3.8) is 0 Å². The second-order valence-electron chi connectivity index (χ2n) is 7.91. The van der Waals surface area contributed by atoms with E-state index >= 15 is 0 Å². The van der Waals surface area contributed by atoms with Gasteiger partial charge in [-0.2, -0.15) is 0 Å². The number of amides is 1. The van der Waals surface area contributed by atoms with Crippen LogP contribution in [0.15, 0.2) is 47.6 Å². The van der Waals surface area contributed by atoms with Crippen LogP contribution in [0.25, 0.3) is 5.69 Å². The molecule has 0 radical (unpaired) electrons. The molecule has 0 unspecified atom stereocenters. The Bertz CT molecular complexity index is 1070. The van der Waals surface area contributed by atoms with E-state index in [9.17, 15) is 4.79 Å². The number of hydrogen-bond donors (Lipinski definition) is 0. The third-order valence-electron chi connectivity index (χ3n) is 5.46. The van der Waals surface area contributed by atoms with Gasteiger partial charge in [0.05, 0.1) is 14.2 Å². The van der Waals surface area contributed by atoms with E-state index < -0.39 is 0 Å². The van der Waals surface area contributed by atoms with Gasteiger partial charge in [0.2, 0.25) is 5.91 Å². The molecule has 7 nitrogen and oxygen atoms in total. The Balaban J connectivity index is 1.46. The van der Waals surface area contributed by atoms with Crippen LogP contribution in [0.2, 0.25) is 0 Å². The highest BCUT2D eigenvalue weighted by Crippen LogP contribution is 2.28. The Morgan fingerprint density at radius 1 is 1.03 bits per heavy atom. The molecule has 33 heavy (non-hydrogen) atoms. The average Bonchev–Trinajstić information content (AvgIpc) is 3.20. The quantitative estimate of drug-likeness (QED) is 0.305. The lowest BCUT2D eigenvalue weighted by atomic mass is 10.1. The fraction of sp³-hybridized carbons (Fsp3) is 0.400. The largest absolute Gasteiger partial charge is 0.493 e. The van der Waals surface area contributed by atoms with E-state index in [4.69, 9.17) is 9.47 Å². The van der Waals surface area contributed by atoms with E-state index in [-0.39, 0.29) is 5.91 Å². The van der Waals surface area contributed by atoms with Crippen LogP contribution in [0.4, 0.5) is 0 Å². The van der Waals surface area contributed by atoms with Crippen LogP contribution in [0, 0.1) is 13.8 Å². The van der Waals surface area contributed by atoms with E-state index in [0.717, 1.165) is 40.8 Å². The number of aryl methyl sites for hydroxylation is 2. The molecule has 1 heterocycles. The van der Waals surface area contributed by atoms with Gasteiger partial charge in [0.25, 0.3) is 0 Å². The average molecular weight is 469 g/mol. The molecule has 0 saturated heterocycles. The lowest BCUT2D eigenvalue weighted by Crippen LogP contribution is -2.28. The number of thioether (sulfide) groups is 1. The lowest BCUT2D eigenvalue weighted by molar-refractivity contribution is -0.129. The van der Waals surface area contributed by atoms with Gasteiger partial charge in [0.1, 0.15) is 5.82 Å². The van der Waals surface area contributed by atoms with Crippen LogP contribution < -0.4 is 9.47 Å². The Kier molecular flexibility index (Phi) is 8.77. The third kappa shape index (κ3) is 6.51. The minimum Gasteiger partial charge on any atom is -0.493 e. The number of likely N-dealkylation sites (N-methyl/N-ethyl adjacent to an activating group) is 1. The normalized spacial score (nSPS) is 10.8. The maximum Gasteiger partial charge on any atom is 0.222 e. The molecular weight excluding hydrogens is 436 g/mol. The van der Waals surface area contributed by atoms with Gasteiger partial charge in [-0.1, -0.05) is 35.5 Å². The second-order valence-corrected chi connectivity index (χ2v) is 8.97. The maximum absolute atomic E-state index is 12.6. The molecule has 8 heteroatoms. The van der Waals surface area contributed by atoms with Gasteiger partial charge >= 0.3 is 0 Å². The molecule has 0 atom stereocenters. The van der Waals surface area contributed by atoms with E-state index in [2.05, 4.69) is 46.0 Å². The standard InChI is InChI=1S/C25H32N4O3S/c1-18-8-11-21(12-9-18)29-19(2)26-27-25(29)33-16-6-7-24(30)28(3)15-14-20-10-13-22(31-4)23(17-20)32-5/h8-13,17H,6-7,14-16H2,1-5H3. The number of methoxy groups -OCH3 is 2. The molecule has 176 valence electrons. The smallest absolute Gasteiger partial charge is 0.222 e. The third-order valence-corrected chi connectivity index (χ3v) is 6.48. The van der Waals surface area contributed by atoms with Crippen molar-refractivity contribution < 1.29 is 14.3 Å². The van der Waals surface area contributed by atoms with Crippen molar-refractivity contribution in [3.8, 4) is 17.2 Å². The molecule has 3 rings (SSSR count). The van der Waals surface area contributed by atoms with Crippen LogP contribution >= 0.6 is 11.8 Å². The Labute approximate surface area is 200 Å². The van der Waals surface area contributed by atoms with Crippen LogP contribution in [-0.2, 0) is 11.2 Å². The summed E-state index contributed by atoms with van der Waals surface area (Å²) in [6, 6.07) is 14.2. The number of rotatable bonds is 11. The molecule has 0 bridgehead atoms. The first-order valence-corrected chi connectivity index (χ1v) is 12.0. The van der Waals surface area contributed by atoms with Crippen molar-refractivity contribution in [2.45, 2.75) is 38.3 Å². The van der Waals surface area contributed by atoms with Gasteiger partial charge in [-0.05, 0) is 56.5 Å². The summed E-state index contributed by atoms with van der Waals surface area (Å²) in [5, 5.41) is 9.40. The molecule has 0 aliphatic carbocycles. The molecular formula is C25H32N4O3S. The van der Waals surface area contributed by atoms with Crippen molar-refractivity contribution in [3.05, 3.63) is 59.4 Å². The molecule has 0 aliphatic heterocycles. The fourth-order valence-electron chi connectivity index (χ4n) is 3.46. The van der Waals surface area contributed by atoms with Gasteiger partial charge in [0.15, 0.2) is 16.7 Å². The van der Waals surface area contributed by atoms with Crippen molar-refractivity contribution in [2.75, 3.05) is 33.6 Å². The highest BCUT2D eigenvalue weighted by Gasteiger charge is 2.13. The zero-order valence-corrected chi connectivity index (χ0v) is 20.8. The summed E-state index contributed by atoms with van der Waals surface area (Å²) in [5.74, 6) is 3.21. The lowest BCUT2D eigenvalue weighted by Gasteiger charge is -2.17. The number of carbonyl (C=O) groups excluding carboxylic acids is 1. The molecule has 3 aromatic rings. The molecule has 2 aromatic carbocycles. The highest BCUT2D eigenvalue weighted by molar-refractivity contribution is 7.99. The monoisotopic (exact) mass is 468 g/mol. The highest BCUT2D eigenvalue weighted by atomic mass is 32.2. The fourth-order valence-corrected chi connectivity index (χ4v) is 4.40. The molecule has 0 saturated carbocycles. The minimum atomic E-state index is 0.146. The first kappa shape index (κ1) is 24.6. The van der Waals surface area contributed by atoms with Crippen molar-refractivity contribution in [1.29, 1.82) is 0 Å². The van der Waals surface area contributed by atoms with Crippen LogP contribution in [0.1, 0.15) is 29.8 Å². The molecule has 0 spiro atoms. The number of benzene rings is 2. The summed E-state index contributed by atoms with van der Waals surface area (Å²) < 4.78 is 12.7. The Morgan fingerprint density at radius 2 is 1.76 bits per heavy atom. The number of carbonyl (C=O) groups is 1. The molecule has 0 fully saturated rings. The zero-order chi connectivity index (χ0) is 23.8. The second kappa shape index (κ2) is 11.7. The van der Waals surface area contributed by atoms with Gasteiger partial charge in [-0.15, -0.1) is 10.2 Å². The van der Waals surface area contributed by atoms with Crippen molar-refractivity contribution >= 4 is 17.7 Å².